The first kappa shape index (κ1) is 19.1. The molecule has 4 nitrogen and oxygen atoms in total. The molecular weight excluding hydrogens is 256 g/mol. The van der Waals surface area contributed by atoms with Crippen molar-refractivity contribution in [1.29, 1.82) is 0 Å². The topological polar surface area (TPSA) is 52.6 Å². The zero-order valence-corrected chi connectivity index (χ0v) is 14.4. The molecule has 0 aromatic heterocycles. The Labute approximate surface area is 123 Å². The van der Waals surface area contributed by atoms with E-state index in [0.717, 1.165) is 0 Å². The monoisotopic (exact) mass is 286 g/mol. The lowest BCUT2D eigenvalue weighted by Gasteiger charge is -2.30. The van der Waals surface area contributed by atoms with Crippen LogP contribution in [-0.2, 0) is 19.1 Å². The van der Waals surface area contributed by atoms with Crippen LogP contribution >= 0.6 is 0 Å². The van der Waals surface area contributed by atoms with Crippen LogP contribution in [0.5, 0.6) is 0 Å². The van der Waals surface area contributed by atoms with Gasteiger partial charge in [0.15, 0.2) is 5.78 Å². The van der Waals surface area contributed by atoms with E-state index in [1.165, 1.54) is 0 Å². The van der Waals surface area contributed by atoms with E-state index < -0.39 is 22.5 Å². The first-order valence-electron chi connectivity index (χ1n) is 7.06. The van der Waals surface area contributed by atoms with Gasteiger partial charge in [-0.3, -0.25) is 9.59 Å². The number of carbonyl (C=O) groups is 2. The van der Waals surface area contributed by atoms with Crippen LogP contribution in [0.2, 0.25) is 0 Å². The molecule has 0 spiro atoms. The van der Waals surface area contributed by atoms with Crippen molar-refractivity contribution in [3.05, 3.63) is 0 Å². The van der Waals surface area contributed by atoms with Crippen LogP contribution in [-0.4, -0.2) is 30.1 Å². The minimum Gasteiger partial charge on any atom is -0.459 e. The fourth-order valence-electron chi connectivity index (χ4n) is 1.49. The number of ether oxygens (including phenoxy) is 2. The second-order valence-corrected chi connectivity index (χ2v) is 7.95. The highest BCUT2D eigenvalue weighted by Gasteiger charge is 2.35. The molecule has 0 rings (SSSR count). The van der Waals surface area contributed by atoms with E-state index >= 15 is 0 Å². The van der Waals surface area contributed by atoms with E-state index in [-0.39, 0.29) is 18.4 Å². The molecule has 0 aromatic rings. The Hall–Kier alpha value is -0.900. The van der Waals surface area contributed by atoms with Gasteiger partial charge >= 0.3 is 5.97 Å². The molecule has 0 aliphatic rings. The molecule has 118 valence electrons. The van der Waals surface area contributed by atoms with Crippen molar-refractivity contribution in [3.63, 3.8) is 0 Å². The zero-order valence-electron chi connectivity index (χ0n) is 14.4. The van der Waals surface area contributed by atoms with E-state index in [9.17, 15) is 9.59 Å². The van der Waals surface area contributed by atoms with E-state index in [4.69, 9.17) is 9.47 Å². The van der Waals surface area contributed by atoms with Gasteiger partial charge in [0.25, 0.3) is 0 Å². The smallest absolute Gasteiger partial charge is 0.314 e. The molecule has 20 heavy (non-hydrogen) atoms. The quantitative estimate of drug-likeness (QED) is 0.727. The Morgan fingerprint density at radius 3 is 1.75 bits per heavy atom. The lowest BCUT2D eigenvalue weighted by atomic mass is 9.88. The maximum absolute atomic E-state index is 12.1. The largest absolute Gasteiger partial charge is 0.459 e. The van der Waals surface area contributed by atoms with E-state index in [1.807, 2.05) is 41.5 Å². The number of carbonyl (C=O) groups excluding carboxylic acids is 2. The Balaban J connectivity index is 4.57. The van der Waals surface area contributed by atoms with E-state index in [0.29, 0.717) is 0 Å². The van der Waals surface area contributed by atoms with Gasteiger partial charge < -0.3 is 9.47 Å². The number of esters is 1. The van der Waals surface area contributed by atoms with Crippen LogP contribution < -0.4 is 0 Å². The maximum atomic E-state index is 12.1. The lowest BCUT2D eigenvalue weighted by Crippen LogP contribution is -2.40. The van der Waals surface area contributed by atoms with Gasteiger partial charge in [-0.05, 0) is 41.5 Å². The molecular formula is C16H30O4. The van der Waals surface area contributed by atoms with Gasteiger partial charge in [0.2, 0.25) is 0 Å². The summed E-state index contributed by atoms with van der Waals surface area (Å²) in [6.07, 6.45) is -0.531. The second-order valence-electron chi connectivity index (χ2n) is 7.95. The van der Waals surface area contributed by atoms with Crippen LogP contribution in [0.3, 0.4) is 0 Å². The molecule has 0 saturated carbocycles. The number of Topliss-reactive ketones (excluding diaryl/α,β-unsaturated/α-hetero) is 1. The summed E-state index contributed by atoms with van der Waals surface area (Å²) >= 11 is 0. The standard InChI is InChI=1S/C16H30O4/c1-11(12(17)14(2,3)4)19-10-16(8,9)13(18)20-15(5,6)7/h11H,10H2,1-9H3. The third-order valence-electron chi connectivity index (χ3n) is 2.75. The number of rotatable bonds is 5. The molecule has 0 saturated heterocycles. The summed E-state index contributed by atoms with van der Waals surface area (Å²) < 4.78 is 10.9. The van der Waals surface area contributed by atoms with Crippen molar-refractivity contribution < 1.29 is 19.1 Å². The van der Waals surface area contributed by atoms with Gasteiger partial charge in [-0.2, -0.15) is 0 Å². The molecule has 0 fully saturated rings. The first-order valence-corrected chi connectivity index (χ1v) is 7.06. The molecule has 0 bridgehead atoms. The van der Waals surface area contributed by atoms with Crippen LogP contribution in [0.15, 0.2) is 0 Å². The highest BCUT2D eigenvalue weighted by Crippen LogP contribution is 2.24. The Morgan fingerprint density at radius 1 is 0.950 bits per heavy atom. The van der Waals surface area contributed by atoms with E-state index in [1.54, 1.807) is 20.8 Å². The molecule has 1 unspecified atom stereocenters. The highest BCUT2D eigenvalue weighted by molar-refractivity contribution is 5.87. The third-order valence-corrected chi connectivity index (χ3v) is 2.75. The third kappa shape index (κ3) is 6.51. The average molecular weight is 286 g/mol. The van der Waals surface area contributed by atoms with Gasteiger partial charge in [0.1, 0.15) is 11.7 Å². The summed E-state index contributed by atoms with van der Waals surface area (Å²) in [6.45, 7) is 16.4. The molecule has 1 atom stereocenters. The molecule has 4 heteroatoms. The minimum absolute atomic E-state index is 0.0255. The zero-order chi connectivity index (χ0) is 16.4. The maximum Gasteiger partial charge on any atom is 0.314 e. The summed E-state index contributed by atoms with van der Waals surface area (Å²) in [5.74, 6) is -0.294. The van der Waals surface area contributed by atoms with Crippen molar-refractivity contribution in [2.75, 3.05) is 6.61 Å². The number of hydrogen-bond acceptors (Lipinski definition) is 4. The van der Waals surface area contributed by atoms with Crippen LogP contribution in [0.25, 0.3) is 0 Å². The Bertz CT molecular complexity index is 356. The summed E-state index contributed by atoms with van der Waals surface area (Å²) in [5, 5.41) is 0. The van der Waals surface area contributed by atoms with Gasteiger partial charge in [-0.1, -0.05) is 20.8 Å². The SMILES string of the molecule is CC(OCC(C)(C)C(=O)OC(C)(C)C)C(=O)C(C)(C)C. The molecule has 0 aliphatic heterocycles. The van der Waals surface area contributed by atoms with Crippen molar-refractivity contribution in [1.82, 2.24) is 0 Å². The van der Waals surface area contributed by atoms with Crippen molar-refractivity contribution in [2.24, 2.45) is 10.8 Å². The summed E-state index contributed by atoms with van der Waals surface area (Å²) in [6, 6.07) is 0. The molecule has 0 heterocycles. The van der Waals surface area contributed by atoms with Crippen LogP contribution in [0.4, 0.5) is 0 Å². The Kier molecular flexibility index (Phi) is 5.97. The normalized spacial score (nSPS) is 14.8. The predicted octanol–water partition coefficient (Wildman–Crippen LogP) is 3.37. The molecule has 0 N–H and O–H groups in total. The van der Waals surface area contributed by atoms with Crippen molar-refractivity contribution in [2.45, 2.75) is 74.0 Å². The predicted molar refractivity (Wildman–Crippen MR) is 79.5 cm³/mol. The summed E-state index contributed by atoms with van der Waals surface area (Å²) in [5.41, 5.74) is -1.75. The lowest BCUT2D eigenvalue weighted by molar-refractivity contribution is -0.171. The van der Waals surface area contributed by atoms with Crippen molar-refractivity contribution >= 4 is 11.8 Å². The van der Waals surface area contributed by atoms with Crippen LogP contribution in [0.1, 0.15) is 62.3 Å². The first-order chi connectivity index (χ1) is 8.67. The van der Waals surface area contributed by atoms with Gasteiger partial charge in [0, 0.05) is 5.41 Å². The van der Waals surface area contributed by atoms with Crippen LogP contribution in [0, 0.1) is 10.8 Å². The van der Waals surface area contributed by atoms with Gasteiger partial charge in [-0.15, -0.1) is 0 Å². The van der Waals surface area contributed by atoms with Gasteiger partial charge in [-0.25, -0.2) is 0 Å². The number of hydrogen-bond donors (Lipinski definition) is 0. The van der Waals surface area contributed by atoms with Crippen molar-refractivity contribution in [3.8, 4) is 0 Å². The van der Waals surface area contributed by atoms with Gasteiger partial charge in [0.05, 0.1) is 12.0 Å². The molecule has 0 aliphatic carbocycles. The molecule has 0 amide bonds. The average Bonchev–Trinajstić information content (AvgIpc) is 2.21. The fraction of sp³-hybridized carbons (Fsp3) is 0.875. The number of ketones is 1. The molecule has 0 radical (unpaired) electrons. The summed E-state index contributed by atoms with van der Waals surface area (Å²) in [4.78, 5) is 24.1. The highest BCUT2D eigenvalue weighted by atomic mass is 16.6. The molecule has 0 aromatic carbocycles. The fourth-order valence-corrected chi connectivity index (χ4v) is 1.49. The van der Waals surface area contributed by atoms with E-state index in [2.05, 4.69) is 0 Å². The summed E-state index contributed by atoms with van der Waals surface area (Å²) in [7, 11) is 0. The second kappa shape index (κ2) is 6.25. The Morgan fingerprint density at radius 2 is 1.40 bits per heavy atom. The minimum atomic E-state index is -0.778.